The van der Waals surface area contributed by atoms with Crippen LogP contribution in [0.4, 0.5) is 5.69 Å². The van der Waals surface area contributed by atoms with E-state index >= 15 is 0 Å². The van der Waals surface area contributed by atoms with Crippen molar-refractivity contribution in [2.45, 2.75) is 24.2 Å². The van der Waals surface area contributed by atoms with Gasteiger partial charge in [-0.3, -0.25) is 9.71 Å². The van der Waals surface area contributed by atoms with Gasteiger partial charge in [0.25, 0.3) is 10.0 Å². The van der Waals surface area contributed by atoms with Crippen molar-refractivity contribution < 1.29 is 8.42 Å². The van der Waals surface area contributed by atoms with E-state index in [0.717, 1.165) is 28.8 Å². The van der Waals surface area contributed by atoms with Crippen molar-refractivity contribution in [1.82, 2.24) is 4.98 Å². The molecule has 4 rings (SSSR count). The van der Waals surface area contributed by atoms with Gasteiger partial charge in [0.15, 0.2) is 0 Å². The molecule has 0 fully saturated rings. The summed E-state index contributed by atoms with van der Waals surface area (Å²) >= 11 is 0. The fourth-order valence-corrected chi connectivity index (χ4v) is 5.07. The van der Waals surface area contributed by atoms with Gasteiger partial charge in [-0.15, -0.1) is 0 Å². The van der Waals surface area contributed by atoms with Crippen LogP contribution in [0, 0.1) is 11.5 Å². The highest BCUT2D eigenvalue weighted by Gasteiger charge is 2.19. The summed E-state index contributed by atoms with van der Waals surface area (Å²) < 4.78 is 29.1. The lowest BCUT2D eigenvalue weighted by Gasteiger charge is -2.13. The van der Waals surface area contributed by atoms with Gasteiger partial charge in [0, 0.05) is 35.8 Å². The largest absolute Gasteiger partial charge is 0.280 e. The Morgan fingerprint density at radius 3 is 2.34 bits per heavy atom. The number of pyridine rings is 1. The van der Waals surface area contributed by atoms with Gasteiger partial charge < -0.3 is 0 Å². The first-order valence-electron chi connectivity index (χ1n) is 11.1. The van der Waals surface area contributed by atoms with E-state index in [2.05, 4.69) is 14.7 Å². The van der Waals surface area contributed by atoms with Crippen LogP contribution < -0.4 is 4.72 Å². The highest BCUT2D eigenvalue weighted by atomic mass is 32.2. The van der Waals surface area contributed by atoms with E-state index in [9.17, 15) is 8.42 Å². The number of aromatic nitrogens is 1. The minimum absolute atomic E-state index is 0.217. The number of hydrogen-bond acceptors (Lipinski definition) is 5. The second kappa shape index (κ2) is 11.2. The third kappa shape index (κ3) is 6.40. The van der Waals surface area contributed by atoms with Crippen LogP contribution in [-0.2, 0) is 22.9 Å². The monoisotopic (exact) mass is 480 g/mol. The Kier molecular flexibility index (Phi) is 7.66. The number of sulfonamides is 1. The lowest BCUT2D eigenvalue weighted by atomic mass is 10.0. The second-order valence-corrected chi connectivity index (χ2v) is 9.63. The Morgan fingerprint density at radius 2 is 1.63 bits per heavy atom. The van der Waals surface area contributed by atoms with E-state index < -0.39 is 10.0 Å². The van der Waals surface area contributed by atoms with Crippen LogP contribution in [0.2, 0.25) is 0 Å². The smallest absolute Gasteiger partial charge is 0.262 e. The van der Waals surface area contributed by atoms with Crippen molar-refractivity contribution in [1.29, 1.82) is 5.26 Å². The summed E-state index contributed by atoms with van der Waals surface area (Å²) in [6.07, 6.45) is 7.31. The molecule has 0 saturated carbocycles. The van der Waals surface area contributed by atoms with Crippen LogP contribution in [0.25, 0.3) is 11.1 Å². The summed E-state index contributed by atoms with van der Waals surface area (Å²) in [6.45, 7) is 0. The second-order valence-electron chi connectivity index (χ2n) is 7.98. The molecule has 0 bridgehead atoms. The fraction of sp³-hybridized carbons (Fsp3) is 0.107. The normalized spacial score (nSPS) is 11.6. The Balaban J connectivity index is 1.46. The molecule has 0 saturated heterocycles. The number of nitrogens with one attached hydrogen (secondary N) is 1. The van der Waals surface area contributed by atoms with Crippen molar-refractivity contribution in [3.05, 3.63) is 115 Å². The first-order chi connectivity index (χ1) is 17.0. The molecular weight excluding hydrogens is 456 g/mol. The molecule has 6 nitrogen and oxygen atoms in total. The molecule has 7 heteroatoms. The molecule has 0 amide bonds. The minimum Gasteiger partial charge on any atom is -0.280 e. The Morgan fingerprint density at radius 1 is 0.886 bits per heavy atom. The molecule has 1 N–H and O–H groups in total. The average molecular weight is 481 g/mol. The van der Waals surface area contributed by atoms with E-state index in [1.165, 1.54) is 0 Å². The predicted molar refractivity (Wildman–Crippen MR) is 138 cm³/mol. The van der Waals surface area contributed by atoms with Gasteiger partial charge in [-0.05, 0) is 53.8 Å². The molecule has 3 aromatic carbocycles. The zero-order valence-electron chi connectivity index (χ0n) is 19.0. The van der Waals surface area contributed by atoms with Gasteiger partial charge >= 0.3 is 0 Å². The SMILES string of the molecule is N#CN=C(CCc1cccnc1)Cc1ccc(NS(=O)(=O)c2ccccc2-c2ccccc2)cc1. The summed E-state index contributed by atoms with van der Waals surface area (Å²) in [5, 5.41) is 9.07. The molecule has 0 aliphatic carbocycles. The highest BCUT2D eigenvalue weighted by Crippen LogP contribution is 2.28. The quantitative estimate of drug-likeness (QED) is 0.247. The molecule has 35 heavy (non-hydrogen) atoms. The molecule has 1 aromatic heterocycles. The third-order valence-electron chi connectivity index (χ3n) is 5.51. The maximum Gasteiger partial charge on any atom is 0.262 e. The van der Waals surface area contributed by atoms with E-state index in [4.69, 9.17) is 5.26 Å². The van der Waals surface area contributed by atoms with Crippen LogP contribution in [0.15, 0.2) is 113 Å². The first kappa shape index (κ1) is 23.9. The van der Waals surface area contributed by atoms with Crippen LogP contribution >= 0.6 is 0 Å². The van der Waals surface area contributed by atoms with Crippen molar-refractivity contribution >= 4 is 21.4 Å². The molecule has 0 radical (unpaired) electrons. The Hall–Kier alpha value is -4.28. The molecule has 1 heterocycles. The van der Waals surface area contributed by atoms with Crippen LogP contribution in [0.3, 0.4) is 0 Å². The van der Waals surface area contributed by atoms with Crippen molar-refractivity contribution in [3.63, 3.8) is 0 Å². The van der Waals surface area contributed by atoms with Gasteiger partial charge in [0.05, 0.1) is 4.90 Å². The lowest BCUT2D eigenvalue weighted by Crippen LogP contribution is -2.14. The number of hydrogen-bond donors (Lipinski definition) is 1. The topological polar surface area (TPSA) is 95.2 Å². The summed E-state index contributed by atoms with van der Waals surface area (Å²) in [5.74, 6) is 0. The van der Waals surface area contributed by atoms with E-state index in [-0.39, 0.29) is 4.90 Å². The standard InChI is InChI=1S/C28H24N4O2S/c29-21-31-26(17-14-23-7-6-18-30-20-23)19-22-12-15-25(16-13-22)32-35(33,34)28-11-5-4-10-27(28)24-8-2-1-3-9-24/h1-13,15-16,18,20,32H,14,17,19H2. The first-order valence-corrected chi connectivity index (χ1v) is 12.6. The molecular formula is C28H24N4O2S. The van der Waals surface area contributed by atoms with Gasteiger partial charge in [0.2, 0.25) is 6.19 Å². The Labute approximate surface area is 205 Å². The number of aryl methyl sites for hydroxylation is 1. The summed E-state index contributed by atoms with van der Waals surface area (Å²) in [4.78, 5) is 8.32. The van der Waals surface area contributed by atoms with Crippen molar-refractivity contribution in [2.75, 3.05) is 4.72 Å². The molecule has 0 aliphatic heterocycles. The Bertz CT molecular complexity index is 1440. The summed E-state index contributed by atoms with van der Waals surface area (Å²) in [6, 6.07) is 27.4. The number of nitriles is 1. The predicted octanol–water partition coefficient (Wildman–Crippen LogP) is 5.65. The zero-order chi connectivity index (χ0) is 24.5. The number of anilines is 1. The van der Waals surface area contributed by atoms with E-state index in [1.54, 1.807) is 42.7 Å². The van der Waals surface area contributed by atoms with Gasteiger partial charge in [0.1, 0.15) is 0 Å². The number of aliphatic imine (C=N–C) groups is 1. The van der Waals surface area contributed by atoms with Crippen LogP contribution in [0.5, 0.6) is 0 Å². The summed E-state index contributed by atoms with van der Waals surface area (Å²) in [7, 11) is -3.80. The maximum absolute atomic E-state index is 13.2. The fourth-order valence-electron chi connectivity index (χ4n) is 3.78. The number of benzene rings is 3. The average Bonchev–Trinajstić information content (AvgIpc) is 2.89. The molecule has 0 spiro atoms. The van der Waals surface area contributed by atoms with Gasteiger partial charge in [-0.2, -0.15) is 10.3 Å². The van der Waals surface area contributed by atoms with Gasteiger partial charge in [-0.1, -0.05) is 66.7 Å². The molecule has 0 unspecified atom stereocenters. The maximum atomic E-state index is 13.2. The number of nitrogens with zero attached hydrogens (tertiary/aromatic N) is 3. The lowest BCUT2D eigenvalue weighted by molar-refractivity contribution is 0.601. The molecule has 0 aliphatic rings. The summed E-state index contributed by atoms with van der Waals surface area (Å²) in [5.41, 5.74) is 4.73. The minimum atomic E-state index is -3.80. The number of rotatable bonds is 9. The van der Waals surface area contributed by atoms with Crippen LogP contribution in [-0.4, -0.2) is 19.1 Å². The molecule has 174 valence electrons. The van der Waals surface area contributed by atoms with Crippen molar-refractivity contribution in [2.24, 2.45) is 4.99 Å². The van der Waals surface area contributed by atoms with Gasteiger partial charge in [-0.25, -0.2) is 8.42 Å². The molecule has 4 aromatic rings. The van der Waals surface area contributed by atoms with Crippen molar-refractivity contribution in [3.8, 4) is 17.3 Å². The van der Waals surface area contributed by atoms with Crippen LogP contribution in [0.1, 0.15) is 17.5 Å². The molecule has 0 atom stereocenters. The zero-order valence-corrected chi connectivity index (χ0v) is 19.8. The highest BCUT2D eigenvalue weighted by molar-refractivity contribution is 7.92. The van der Waals surface area contributed by atoms with E-state index in [0.29, 0.717) is 24.1 Å². The third-order valence-corrected chi connectivity index (χ3v) is 6.95. The van der Waals surface area contributed by atoms with E-state index in [1.807, 2.05) is 66.9 Å².